The van der Waals surface area contributed by atoms with Crippen LogP contribution in [-0.2, 0) is 10.0 Å². The molecule has 0 saturated carbocycles. The lowest BCUT2D eigenvalue weighted by Crippen LogP contribution is -2.14. The molecule has 0 radical (unpaired) electrons. The minimum Gasteiger partial charge on any atom is -0.478 e. The van der Waals surface area contributed by atoms with Crippen molar-refractivity contribution in [1.82, 2.24) is 0 Å². The number of carboxylic acids is 1. The van der Waals surface area contributed by atoms with Gasteiger partial charge in [0.25, 0.3) is 10.0 Å². The van der Waals surface area contributed by atoms with Crippen LogP contribution in [0.4, 0.5) is 5.69 Å². The normalized spacial score (nSPS) is 11.1. The Hall–Kier alpha value is -1.76. The molecule has 110 valence electrons. The van der Waals surface area contributed by atoms with Gasteiger partial charge in [-0.1, -0.05) is 35.3 Å². The van der Waals surface area contributed by atoms with Gasteiger partial charge in [-0.2, -0.15) is 0 Å². The monoisotopic (exact) mass is 345 g/mol. The summed E-state index contributed by atoms with van der Waals surface area (Å²) in [7, 11) is -3.92. The third-order valence-corrected chi connectivity index (χ3v) is 4.79. The van der Waals surface area contributed by atoms with Crippen molar-refractivity contribution in [3.63, 3.8) is 0 Å². The Morgan fingerprint density at radius 2 is 1.71 bits per heavy atom. The summed E-state index contributed by atoms with van der Waals surface area (Å²) in [5, 5.41) is 9.05. The average Bonchev–Trinajstić information content (AvgIpc) is 2.40. The van der Waals surface area contributed by atoms with Gasteiger partial charge in [-0.05, 0) is 30.3 Å². The van der Waals surface area contributed by atoms with Gasteiger partial charge in [0.2, 0.25) is 0 Å². The average molecular weight is 346 g/mol. The highest BCUT2D eigenvalue weighted by Gasteiger charge is 2.18. The summed E-state index contributed by atoms with van der Waals surface area (Å²) in [6.07, 6.45) is 0. The molecular formula is C13H9Cl2NO4S. The Kier molecular flexibility index (Phi) is 4.41. The van der Waals surface area contributed by atoms with Gasteiger partial charge < -0.3 is 5.11 Å². The Bertz CT molecular complexity index is 806. The largest absolute Gasteiger partial charge is 0.478 e. The molecule has 0 aliphatic carbocycles. The number of benzene rings is 2. The van der Waals surface area contributed by atoms with Gasteiger partial charge in [-0.3, -0.25) is 4.72 Å². The number of carbonyl (C=O) groups is 1. The smallest absolute Gasteiger partial charge is 0.337 e. The van der Waals surface area contributed by atoms with E-state index in [0.29, 0.717) is 0 Å². The second-order valence-electron chi connectivity index (χ2n) is 4.04. The van der Waals surface area contributed by atoms with E-state index in [9.17, 15) is 13.2 Å². The van der Waals surface area contributed by atoms with Crippen LogP contribution >= 0.6 is 23.2 Å². The van der Waals surface area contributed by atoms with Gasteiger partial charge in [0.15, 0.2) is 0 Å². The molecule has 2 aromatic carbocycles. The summed E-state index contributed by atoms with van der Waals surface area (Å²) < 4.78 is 26.7. The first-order chi connectivity index (χ1) is 9.81. The third kappa shape index (κ3) is 3.47. The number of anilines is 1. The minimum atomic E-state index is -3.92. The molecule has 21 heavy (non-hydrogen) atoms. The van der Waals surface area contributed by atoms with E-state index in [1.807, 2.05) is 0 Å². The molecule has 0 amide bonds. The standard InChI is InChI=1S/C13H9Cl2NO4S/c14-10-6-5-8(7-9(10)13(17)18)16-21(19,20)12-4-2-1-3-11(12)15/h1-7,16H,(H,17,18). The number of nitrogens with one attached hydrogen (secondary N) is 1. The lowest BCUT2D eigenvalue weighted by molar-refractivity contribution is 0.0697. The predicted molar refractivity (Wildman–Crippen MR) is 80.7 cm³/mol. The highest BCUT2D eigenvalue weighted by Crippen LogP contribution is 2.25. The van der Waals surface area contributed by atoms with Gasteiger partial charge in [0.05, 0.1) is 15.6 Å². The highest BCUT2D eigenvalue weighted by atomic mass is 35.5. The number of rotatable bonds is 4. The Balaban J connectivity index is 2.40. The molecule has 0 heterocycles. The molecule has 2 N–H and O–H groups in total. The first-order valence-corrected chi connectivity index (χ1v) is 7.85. The van der Waals surface area contributed by atoms with Gasteiger partial charge in [-0.25, -0.2) is 13.2 Å². The molecule has 2 aromatic rings. The highest BCUT2D eigenvalue weighted by molar-refractivity contribution is 7.92. The van der Waals surface area contributed by atoms with E-state index in [1.165, 1.54) is 30.3 Å². The predicted octanol–water partition coefficient (Wildman–Crippen LogP) is 3.49. The molecule has 0 atom stereocenters. The van der Waals surface area contributed by atoms with Crippen molar-refractivity contribution >= 4 is 44.9 Å². The molecule has 0 bridgehead atoms. The maximum Gasteiger partial charge on any atom is 0.337 e. The van der Waals surface area contributed by atoms with E-state index >= 15 is 0 Å². The van der Waals surface area contributed by atoms with Crippen LogP contribution < -0.4 is 4.72 Å². The quantitative estimate of drug-likeness (QED) is 0.888. The topological polar surface area (TPSA) is 83.5 Å². The molecule has 0 unspecified atom stereocenters. The summed E-state index contributed by atoms with van der Waals surface area (Å²) in [5.74, 6) is -1.25. The lowest BCUT2D eigenvalue weighted by Gasteiger charge is -2.10. The number of halogens is 2. The van der Waals surface area contributed by atoms with Crippen LogP contribution in [0.1, 0.15) is 10.4 Å². The van der Waals surface area contributed by atoms with Crippen LogP contribution in [0, 0.1) is 0 Å². The van der Waals surface area contributed by atoms with Crippen molar-refractivity contribution in [2.24, 2.45) is 0 Å². The second-order valence-corrected chi connectivity index (χ2v) is 6.50. The fraction of sp³-hybridized carbons (Fsp3) is 0. The number of aromatic carboxylic acids is 1. The lowest BCUT2D eigenvalue weighted by atomic mass is 10.2. The molecule has 0 saturated heterocycles. The SMILES string of the molecule is O=C(O)c1cc(NS(=O)(=O)c2ccccc2Cl)ccc1Cl. The minimum absolute atomic E-state index is 0.0168. The molecule has 8 heteroatoms. The molecule has 0 aliphatic rings. The first-order valence-electron chi connectivity index (χ1n) is 5.61. The molecule has 0 aliphatic heterocycles. The van der Waals surface area contributed by atoms with E-state index in [-0.39, 0.29) is 26.2 Å². The second kappa shape index (κ2) is 5.93. The Morgan fingerprint density at radius 3 is 2.33 bits per heavy atom. The van der Waals surface area contributed by atoms with Crippen LogP contribution in [0.3, 0.4) is 0 Å². The maximum atomic E-state index is 12.2. The Labute approximate surface area is 131 Å². The summed E-state index contributed by atoms with van der Waals surface area (Å²) in [5.41, 5.74) is -0.118. The number of carboxylic acid groups (broad SMARTS) is 1. The van der Waals surface area contributed by atoms with E-state index < -0.39 is 16.0 Å². The van der Waals surface area contributed by atoms with Crippen molar-refractivity contribution in [3.05, 3.63) is 58.1 Å². The molecular weight excluding hydrogens is 337 g/mol. The zero-order valence-corrected chi connectivity index (χ0v) is 12.7. The Morgan fingerprint density at radius 1 is 1.05 bits per heavy atom. The van der Waals surface area contributed by atoms with Crippen molar-refractivity contribution < 1.29 is 18.3 Å². The molecule has 5 nitrogen and oxygen atoms in total. The van der Waals surface area contributed by atoms with Gasteiger partial charge in [0.1, 0.15) is 4.90 Å². The van der Waals surface area contributed by atoms with Gasteiger partial charge >= 0.3 is 5.97 Å². The summed E-state index contributed by atoms with van der Waals surface area (Å²) >= 11 is 11.6. The number of sulfonamides is 1. The van der Waals surface area contributed by atoms with Crippen molar-refractivity contribution in [1.29, 1.82) is 0 Å². The maximum absolute atomic E-state index is 12.2. The van der Waals surface area contributed by atoms with Crippen LogP contribution in [0.25, 0.3) is 0 Å². The van der Waals surface area contributed by atoms with Crippen LogP contribution in [0.2, 0.25) is 10.0 Å². The first kappa shape index (κ1) is 15.6. The van der Waals surface area contributed by atoms with Crippen molar-refractivity contribution in [3.8, 4) is 0 Å². The number of hydrogen-bond acceptors (Lipinski definition) is 3. The number of hydrogen-bond donors (Lipinski definition) is 2. The fourth-order valence-electron chi connectivity index (χ4n) is 1.63. The van der Waals surface area contributed by atoms with Gasteiger partial charge in [0, 0.05) is 5.69 Å². The molecule has 0 fully saturated rings. The van der Waals surface area contributed by atoms with E-state index in [0.717, 1.165) is 6.07 Å². The van der Waals surface area contributed by atoms with Crippen molar-refractivity contribution in [2.75, 3.05) is 4.72 Å². The zero-order valence-electron chi connectivity index (χ0n) is 10.4. The summed E-state index contributed by atoms with van der Waals surface area (Å²) in [6.45, 7) is 0. The molecule has 0 spiro atoms. The van der Waals surface area contributed by atoms with E-state index in [1.54, 1.807) is 6.07 Å². The van der Waals surface area contributed by atoms with E-state index in [2.05, 4.69) is 4.72 Å². The van der Waals surface area contributed by atoms with Crippen LogP contribution in [-0.4, -0.2) is 19.5 Å². The van der Waals surface area contributed by atoms with Gasteiger partial charge in [-0.15, -0.1) is 0 Å². The fourth-order valence-corrected chi connectivity index (χ4v) is 3.39. The van der Waals surface area contributed by atoms with E-state index in [4.69, 9.17) is 28.3 Å². The zero-order chi connectivity index (χ0) is 15.6. The van der Waals surface area contributed by atoms with Crippen LogP contribution in [0.5, 0.6) is 0 Å². The van der Waals surface area contributed by atoms with Crippen molar-refractivity contribution in [2.45, 2.75) is 4.90 Å². The summed E-state index contributed by atoms with van der Waals surface area (Å²) in [6, 6.07) is 9.73. The third-order valence-electron chi connectivity index (χ3n) is 2.58. The molecule has 2 rings (SSSR count). The molecule has 0 aromatic heterocycles. The summed E-state index contributed by atoms with van der Waals surface area (Å²) in [4.78, 5) is 10.9. The van der Waals surface area contributed by atoms with Crippen LogP contribution in [0.15, 0.2) is 47.4 Å².